The van der Waals surface area contributed by atoms with Gasteiger partial charge in [-0.3, -0.25) is 0 Å². The number of amides is 1. The Balaban J connectivity index is 1.60. The Morgan fingerprint density at radius 1 is 0.935 bits per heavy atom. The number of aliphatic hydroxyl groups is 2. The minimum Gasteiger partial charge on any atom is -0.490 e. The zero-order valence-corrected chi connectivity index (χ0v) is 17.5. The molecule has 6 nitrogen and oxygen atoms in total. The van der Waals surface area contributed by atoms with Gasteiger partial charge in [0.05, 0.1) is 6.61 Å². The highest BCUT2D eigenvalue weighted by atomic mass is 16.5. The average Bonchev–Trinajstić information content (AvgIpc) is 2.80. The molecule has 0 saturated heterocycles. The first kappa shape index (κ1) is 22.6. The number of hydrogen-bond donors (Lipinski definition) is 3. The molecule has 0 saturated carbocycles. The first-order chi connectivity index (χ1) is 15.1. The maximum atomic E-state index is 11.6. The van der Waals surface area contributed by atoms with E-state index in [1.807, 2.05) is 66.7 Å². The van der Waals surface area contributed by atoms with Crippen LogP contribution in [0.5, 0.6) is 5.75 Å². The van der Waals surface area contributed by atoms with Crippen LogP contribution < -0.4 is 4.74 Å². The number of unbranched alkanes of at least 4 members (excludes halogenated alkanes) is 1. The molecule has 0 heterocycles. The van der Waals surface area contributed by atoms with Crippen molar-refractivity contribution >= 4 is 16.9 Å². The molecule has 0 aliphatic carbocycles. The van der Waals surface area contributed by atoms with E-state index < -0.39 is 12.2 Å². The second kappa shape index (κ2) is 11.3. The molecular formula is C25H29NO5. The first-order valence-electron chi connectivity index (χ1n) is 10.5. The van der Waals surface area contributed by atoms with Crippen LogP contribution in [0.1, 0.15) is 24.0 Å². The predicted molar refractivity (Wildman–Crippen MR) is 120 cm³/mol. The third-order valence-corrected chi connectivity index (χ3v) is 5.23. The van der Waals surface area contributed by atoms with Gasteiger partial charge in [0.15, 0.2) is 0 Å². The molecule has 0 aliphatic heterocycles. The summed E-state index contributed by atoms with van der Waals surface area (Å²) in [5.41, 5.74) is 2.16. The van der Waals surface area contributed by atoms with E-state index in [1.165, 1.54) is 10.5 Å². The number of fused-ring (bicyclic) bond motifs is 1. The van der Waals surface area contributed by atoms with Crippen LogP contribution in [0, 0.1) is 0 Å². The molecular weight excluding hydrogens is 394 g/mol. The van der Waals surface area contributed by atoms with Crippen molar-refractivity contribution in [3.63, 3.8) is 0 Å². The topological polar surface area (TPSA) is 90.2 Å². The summed E-state index contributed by atoms with van der Waals surface area (Å²) in [6, 6.07) is 21.5. The third kappa shape index (κ3) is 6.44. The lowest BCUT2D eigenvalue weighted by atomic mass is 9.99. The van der Waals surface area contributed by atoms with Gasteiger partial charge >= 0.3 is 6.09 Å². The molecule has 0 fully saturated rings. The molecule has 0 radical (unpaired) electrons. The predicted octanol–water partition coefficient (Wildman–Crippen LogP) is 4.07. The van der Waals surface area contributed by atoms with Crippen LogP contribution in [0.3, 0.4) is 0 Å². The van der Waals surface area contributed by atoms with Gasteiger partial charge in [0.25, 0.3) is 0 Å². The van der Waals surface area contributed by atoms with Gasteiger partial charge in [0.2, 0.25) is 0 Å². The van der Waals surface area contributed by atoms with Crippen LogP contribution in [-0.4, -0.2) is 52.2 Å². The van der Waals surface area contributed by atoms with Crippen molar-refractivity contribution in [2.75, 3.05) is 19.8 Å². The monoisotopic (exact) mass is 423 g/mol. The average molecular weight is 424 g/mol. The normalized spacial score (nSPS) is 11.9. The van der Waals surface area contributed by atoms with Crippen molar-refractivity contribution in [2.45, 2.75) is 31.9 Å². The van der Waals surface area contributed by atoms with E-state index >= 15 is 0 Å². The largest absolute Gasteiger partial charge is 0.490 e. The van der Waals surface area contributed by atoms with Crippen LogP contribution in [-0.2, 0) is 13.0 Å². The Labute approximate surface area is 182 Å². The highest BCUT2D eigenvalue weighted by Crippen LogP contribution is 2.29. The molecule has 0 bridgehead atoms. The van der Waals surface area contributed by atoms with Gasteiger partial charge in [-0.05, 0) is 41.8 Å². The molecule has 0 spiro atoms. The van der Waals surface area contributed by atoms with Crippen LogP contribution in [0.15, 0.2) is 66.7 Å². The lowest BCUT2D eigenvalue weighted by molar-refractivity contribution is 0.0541. The fourth-order valence-electron chi connectivity index (χ4n) is 3.58. The minimum absolute atomic E-state index is 0.0340. The summed E-state index contributed by atoms with van der Waals surface area (Å²) < 4.78 is 5.69. The van der Waals surface area contributed by atoms with Gasteiger partial charge < -0.3 is 25.0 Å². The minimum atomic E-state index is -0.911. The summed E-state index contributed by atoms with van der Waals surface area (Å²) in [6.07, 6.45) is 0.659. The fourth-order valence-corrected chi connectivity index (χ4v) is 3.58. The van der Waals surface area contributed by atoms with Crippen molar-refractivity contribution in [1.29, 1.82) is 0 Å². The highest BCUT2D eigenvalue weighted by Gasteiger charge is 2.13. The van der Waals surface area contributed by atoms with E-state index in [-0.39, 0.29) is 13.2 Å². The SMILES string of the molecule is O=C(O)N(CCCCc1ccc(OCC(O)CO)c2ccccc12)Cc1ccccc1. The number of aryl methyl sites for hydroxylation is 1. The number of rotatable bonds is 11. The lowest BCUT2D eigenvalue weighted by Crippen LogP contribution is -2.29. The number of benzene rings is 3. The van der Waals surface area contributed by atoms with Crippen LogP contribution in [0.4, 0.5) is 4.79 Å². The van der Waals surface area contributed by atoms with Crippen molar-refractivity contribution in [2.24, 2.45) is 0 Å². The second-order valence-corrected chi connectivity index (χ2v) is 7.56. The number of carbonyl (C=O) groups is 1. The Kier molecular flexibility index (Phi) is 8.27. The summed E-state index contributed by atoms with van der Waals surface area (Å²) in [6.45, 7) is 0.577. The fraction of sp³-hybridized carbons (Fsp3) is 0.320. The van der Waals surface area contributed by atoms with E-state index in [2.05, 4.69) is 0 Å². The number of carboxylic acid groups (broad SMARTS) is 1. The van der Waals surface area contributed by atoms with Gasteiger partial charge in [0, 0.05) is 18.5 Å². The van der Waals surface area contributed by atoms with Gasteiger partial charge in [-0.1, -0.05) is 60.7 Å². The zero-order chi connectivity index (χ0) is 22.1. The zero-order valence-electron chi connectivity index (χ0n) is 17.5. The van der Waals surface area contributed by atoms with Crippen LogP contribution >= 0.6 is 0 Å². The van der Waals surface area contributed by atoms with E-state index in [1.54, 1.807) is 0 Å². The van der Waals surface area contributed by atoms with Gasteiger partial charge in [-0.25, -0.2) is 4.79 Å². The summed E-state index contributed by atoms with van der Waals surface area (Å²) >= 11 is 0. The van der Waals surface area contributed by atoms with Crippen molar-refractivity contribution in [1.82, 2.24) is 4.90 Å². The van der Waals surface area contributed by atoms with Crippen LogP contribution in [0.2, 0.25) is 0 Å². The van der Waals surface area contributed by atoms with E-state index in [9.17, 15) is 15.0 Å². The molecule has 164 valence electrons. The van der Waals surface area contributed by atoms with E-state index in [0.717, 1.165) is 35.6 Å². The summed E-state index contributed by atoms with van der Waals surface area (Å²) in [4.78, 5) is 13.0. The number of nitrogens with zero attached hydrogens (tertiary/aromatic N) is 1. The standard InChI is InChI=1S/C25H29NO5/c27-17-21(28)18-31-24-14-13-20(22-11-4-5-12-23(22)24)10-6-7-15-26(25(29)30)16-19-8-2-1-3-9-19/h1-5,8-9,11-14,21,27-28H,6-7,10,15-18H2,(H,29,30). The molecule has 3 N–H and O–H groups in total. The molecule has 6 heteroatoms. The molecule has 0 aromatic heterocycles. The molecule has 31 heavy (non-hydrogen) atoms. The Hall–Kier alpha value is -3.09. The van der Waals surface area contributed by atoms with Gasteiger partial charge in [-0.2, -0.15) is 0 Å². The first-order valence-corrected chi connectivity index (χ1v) is 10.5. The molecule has 1 atom stereocenters. The second-order valence-electron chi connectivity index (χ2n) is 7.56. The summed E-state index contributed by atoms with van der Waals surface area (Å²) in [7, 11) is 0. The Bertz CT molecular complexity index is 976. The van der Waals surface area contributed by atoms with Crippen molar-refractivity contribution < 1.29 is 24.9 Å². The van der Waals surface area contributed by atoms with Gasteiger partial charge in [-0.15, -0.1) is 0 Å². The Morgan fingerprint density at radius 3 is 2.35 bits per heavy atom. The highest BCUT2D eigenvalue weighted by molar-refractivity contribution is 5.91. The molecule has 3 rings (SSSR count). The molecule has 1 amide bonds. The summed E-state index contributed by atoms with van der Waals surface area (Å²) in [5.74, 6) is 0.673. The number of hydrogen-bond acceptors (Lipinski definition) is 4. The number of aliphatic hydroxyl groups excluding tert-OH is 2. The van der Waals surface area contributed by atoms with Gasteiger partial charge in [0.1, 0.15) is 18.5 Å². The van der Waals surface area contributed by atoms with E-state index in [0.29, 0.717) is 18.8 Å². The molecule has 3 aromatic rings. The lowest BCUT2D eigenvalue weighted by Gasteiger charge is -2.19. The Morgan fingerprint density at radius 2 is 1.65 bits per heavy atom. The number of ether oxygens (including phenoxy) is 1. The van der Waals surface area contributed by atoms with E-state index in [4.69, 9.17) is 9.84 Å². The van der Waals surface area contributed by atoms with Crippen molar-refractivity contribution in [3.05, 3.63) is 77.9 Å². The third-order valence-electron chi connectivity index (χ3n) is 5.23. The maximum Gasteiger partial charge on any atom is 0.407 e. The summed E-state index contributed by atoms with van der Waals surface area (Å²) in [5, 5.41) is 30.1. The maximum absolute atomic E-state index is 11.6. The smallest absolute Gasteiger partial charge is 0.407 e. The quantitative estimate of drug-likeness (QED) is 0.405. The molecule has 1 unspecified atom stereocenters. The molecule has 0 aliphatic rings. The molecule has 3 aromatic carbocycles. The van der Waals surface area contributed by atoms with Crippen LogP contribution in [0.25, 0.3) is 10.8 Å². The van der Waals surface area contributed by atoms with Crippen molar-refractivity contribution in [3.8, 4) is 5.75 Å².